The van der Waals surface area contributed by atoms with Crippen LogP contribution in [-0.2, 0) is 10.2 Å². The monoisotopic (exact) mass is 310 g/mol. The van der Waals surface area contributed by atoms with Gasteiger partial charge < -0.3 is 10.6 Å². The number of amides is 1. The average Bonchev–Trinajstić information content (AvgIpc) is 2.89. The molecule has 1 aromatic rings. The first-order valence-electron chi connectivity index (χ1n) is 7.59. The molecular formula is C17H27ClN2O. The van der Waals surface area contributed by atoms with Crippen LogP contribution in [0.5, 0.6) is 0 Å². The Bertz CT molecular complexity index is 462. The number of hydrogen-bond acceptors (Lipinski definition) is 2. The van der Waals surface area contributed by atoms with Crippen molar-refractivity contribution in [2.75, 3.05) is 11.9 Å². The molecule has 0 saturated carbocycles. The molecule has 3 nitrogen and oxygen atoms in total. The van der Waals surface area contributed by atoms with Gasteiger partial charge in [-0.3, -0.25) is 4.79 Å². The summed E-state index contributed by atoms with van der Waals surface area (Å²) in [6, 6.07) is 8.61. The molecule has 1 saturated heterocycles. The van der Waals surface area contributed by atoms with Gasteiger partial charge in [-0.2, -0.15) is 0 Å². The average molecular weight is 311 g/mol. The van der Waals surface area contributed by atoms with Crippen molar-refractivity contribution in [3.63, 3.8) is 0 Å². The molecule has 1 aromatic carbocycles. The number of hydrogen-bond donors (Lipinski definition) is 2. The minimum absolute atomic E-state index is 0. The van der Waals surface area contributed by atoms with E-state index in [-0.39, 0.29) is 23.7 Å². The number of carbonyl (C=O) groups is 1. The van der Waals surface area contributed by atoms with Gasteiger partial charge in [0.15, 0.2) is 0 Å². The molecule has 1 fully saturated rings. The first kappa shape index (κ1) is 18.0. The molecule has 0 aliphatic carbocycles. The Hall–Kier alpha value is -1.06. The lowest BCUT2D eigenvalue weighted by atomic mass is 9.86. The first-order chi connectivity index (χ1) is 9.47. The quantitative estimate of drug-likeness (QED) is 0.886. The number of anilines is 1. The predicted octanol–water partition coefficient (Wildman–Crippen LogP) is 3.88. The summed E-state index contributed by atoms with van der Waals surface area (Å²) in [6.45, 7) is 7.60. The third kappa shape index (κ3) is 5.33. The van der Waals surface area contributed by atoms with Crippen LogP contribution in [-0.4, -0.2) is 18.5 Å². The second-order valence-electron chi connectivity index (χ2n) is 6.68. The van der Waals surface area contributed by atoms with Crippen molar-refractivity contribution in [3.8, 4) is 0 Å². The number of benzene rings is 1. The molecule has 2 rings (SSSR count). The summed E-state index contributed by atoms with van der Waals surface area (Å²) in [4.78, 5) is 12.1. The highest BCUT2D eigenvalue weighted by Crippen LogP contribution is 2.29. The maximum Gasteiger partial charge on any atom is 0.224 e. The van der Waals surface area contributed by atoms with Gasteiger partial charge in [0.1, 0.15) is 0 Å². The summed E-state index contributed by atoms with van der Waals surface area (Å²) in [7, 11) is 0. The molecule has 2 N–H and O–H groups in total. The van der Waals surface area contributed by atoms with Crippen LogP contribution >= 0.6 is 12.4 Å². The minimum atomic E-state index is 0. The number of carbonyl (C=O) groups excluding carboxylic acids is 1. The van der Waals surface area contributed by atoms with Crippen molar-refractivity contribution in [3.05, 3.63) is 29.8 Å². The van der Waals surface area contributed by atoms with Crippen LogP contribution in [0.1, 0.15) is 52.0 Å². The predicted molar refractivity (Wildman–Crippen MR) is 91.3 cm³/mol. The van der Waals surface area contributed by atoms with Crippen molar-refractivity contribution in [1.29, 1.82) is 0 Å². The van der Waals surface area contributed by atoms with Gasteiger partial charge in [-0.05, 0) is 42.9 Å². The highest BCUT2D eigenvalue weighted by molar-refractivity contribution is 5.91. The molecule has 1 aliphatic heterocycles. The number of rotatable bonds is 4. The van der Waals surface area contributed by atoms with Crippen molar-refractivity contribution in [1.82, 2.24) is 5.32 Å². The fraction of sp³-hybridized carbons (Fsp3) is 0.588. The number of para-hydroxylation sites is 1. The van der Waals surface area contributed by atoms with E-state index in [0.717, 1.165) is 18.7 Å². The molecule has 4 heteroatoms. The van der Waals surface area contributed by atoms with Crippen LogP contribution in [0.3, 0.4) is 0 Å². The van der Waals surface area contributed by atoms with Gasteiger partial charge in [0.2, 0.25) is 5.91 Å². The Balaban J connectivity index is 0.00000220. The molecule has 0 spiro atoms. The van der Waals surface area contributed by atoms with Crippen LogP contribution in [0, 0.1) is 0 Å². The summed E-state index contributed by atoms with van der Waals surface area (Å²) < 4.78 is 0. The second-order valence-corrected chi connectivity index (χ2v) is 6.68. The molecule has 21 heavy (non-hydrogen) atoms. The van der Waals surface area contributed by atoms with Crippen LogP contribution in [0.2, 0.25) is 0 Å². The summed E-state index contributed by atoms with van der Waals surface area (Å²) >= 11 is 0. The smallest absolute Gasteiger partial charge is 0.224 e. The van der Waals surface area contributed by atoms with E-state index in [1.54, 1.807) is 0 Å². The first-order valence-corrected chi connectivity index (χ1v) is 7.59. The maximum absolute atomic E-state index is 12.1. The second kappa shape index (κ2) is 7.81. The SMILES string of the molecule is CC(C)(C)c1ccccc1NC(=O)CCC1CCCN1.Cl. The van der Waals surface area contributed by atoms with Crippen molar-refractivity contribution < 1.29 is 4.79 Å². The molecule has 1 heterocycles. The summed E-state index contributed by atoms with van der Waals surface area (Å²) in [5.74, 6) is 0.121. The van der Waals surface area contributed by atoms with Crippen LogP contribution in [0.4, 0.5) is 5.69 Å². The largest absolute Gasteiger partial charge is 0.326 e. The fourth-order valence-electron chi connectivity index (χ4n) is 2.77. The molecule has 0 aromatic heterocycles. The van der Waals surface area contributed by atoms with Gasteiger partial charge in [-0.25, -0.2) is 0 Å². The minimum Gasteiger partial charge on any atom is -0.326 e. The van der Waals surface area contributed by atoms with Gasteiger partial charge in [0.25, 0.3) is 0 Å². The van der Waals surface area contributed by atoms with E-state index in [9.17, 15) is 4.79 Å². The van der Waals surface area contributed by atoms with E-state index in [2.05, 4.69) is 37.5 Å². The summed E-state index contributed by atoms with van der Waals surface area (Å²) in [5.41, 5.74) is 2.17. The maximum atomic E-state index is 12.1. The molecule has 0 radical (unpaired) electrons. The van der Waals surface area contributed by atoms with Crippen molar-refractivity contribution in [2.45, 2.75) is 57.9 Å². The summed E-state index contributed by atoms with van der Waals surface area (Å²) in [6.07, 6.45) is 3.96. The lowest BCUT2D eigenvalue weighted by molar-refractivity contribution is -0.116. The van der Waals surface area contributed by atoms with Crippen LogP contribution in [0.15, 0.2) is 24.3 Å². The van der Waals surface area contributed by atoms with E-state index >= 15 is 0 Å². The Morgan fingerprint density at radius 1 is 1.33 bits per heavy atom. The molecule has 1 unspecified atom stereocenters. The van der Waals surface area contributed by atoms with Crippen molar-refractivity contribution >= 4 is 24.0 Å². The highest BCUT2D eigenvalue weighted by Gasteiger charge is 2.19. The Kier molecular flexibility index (Phi) is 6.69. The molecule has 0 bridgehead atoms. The van der Waals surface area contributed by atoms with Crippen LogP contribution < -0.4 is 10.6 Å². The van der Waals surface area contributed by atoms with Crippen molar-refractivity contribution in [2.24, 2.45) is 0 Å². The van der Waals surface area contributed by atoms with Gasteiger partial charge in [0, 0.05) is 18.2 Å². The van der Waals surface area contributed by atoms with E-state index < -0.39 is 0 Å². The van der Waals surface area contributed by atoms with E-state index in [1.165, 1.54) is 18.4 Å². The topological polar surface area (TPSA) is 41.1 Å². The van der Waals surface area contributed by atoms with Crippen LogP contribution in [0.25, 0.3) is 0 Å². The van der Waals surface area contributed by atoms with Gasteiger partial charge in [0.05, 0.1) is 0 Å². The van der Waals surface area contributed by atoms with Gasteiger partial charge >= 0.3 is 0 Å². The fourth-order valence-corrected chi connectivity index (χ4v) is 2.77. The van der Waals surface area contributed by atoms with Gasteiger partial charge in [-0.1, -0.05) is 39.0 Å². The molecule has 1 atom stereocenters. The van der Waals surface area contributed by atoms with Gasteiger partial charge in [-0.15, -0.1) is 12.4 Å². The molecule has 1 aliphatic rings. The Morgan fingerprint density at radius 2 is 2.05 bits per heavy atom. The Morgan fingerprint density at radius 3 is 2.67 bits per heavy atom. The molecule has 1 amide bonds. The highest BCUT2D eigenvalue weighted by atomic mass is 35.5. The number of halogens is 1. The zero-order valence-electron chi connectivity index (χ0n) is 13.2. The third-order valence-corrected chi connectivity index (χ3v) is 3.89. The zero-order chi connectivity index (χ0) is 14.6. The van der Waals surface area contributed by atoms with E-state index in [1.807, 2.05) is 18.2 Å². The zero-order valence-corrected chi connectivity index (χ0v) is 14.1. The third-order valence-electron chi connectivity index (χ3n) is 3.89. The molecule has 118 valence electrons. The number of nitrogens with one attached hydrogen (secondary N) is 2. The Labute approximate surface area is 134 Å². The summed E-state index contributed by atoms with van der Waals surface area (Å²) in [5, 5.41) is 6.51. The normalized spacial score (nSPS) is 18.1. The standard InChI is InChI=1S/C17H26N2O.ClH/c1-17(2,3)14-8-4-5-9-15(14)19-16(20)11-10-13-7-6-12-18-13;/h4-5,8-9,13,18H,6-7,10-12H2,1-3H3,(H,19,20);1H. The molecular weight excluding hydrogens is 284 g/mol. The lowest BCUT2D eigenvalue weighted by Gasteiger charge is -2.23. The van der Waals surface area contributed by atoms with E-state index in [0.29, 0.717) is 12.5 Å². The van der Waals surface area contributed by atoms with E-state index in [4.69, 9.17) is 0 Å². The lowest BCUT2D eigenvalue weighted by Crippen LogP contribution is -2.24.